The topological polar surface area (TPSA) is 101 Å². The van der Waals surface area contributed by atoms with Crippen molar-refractivity contribution in [3.8, 4) is 0 Å². The number of aliphatic hydroxyl groups excluding tert-OH is 1. The number of allylic oxidation sites excluding steroid dienone is 1. The Morgan fingerprint density at radius 1 is 1.25 bits per heavy atom. The third-order valence-electron chi connectivity index (χ3n) is 2.55. The number of ketones is 1. The predicted octanol–water partition coefficient (Wildman–Crippen LogP) is 1.97. The molecule has 0 aliphatic rings. The number of nitrogens with zero attached hydrogens (tertiary/aromatic N) is 1. The highest BCUT2D eigenvalue weighted by molar-refractivity contribution is 6.07. The van der Waals surface area contributed by atoms with Gasteiger partial charge in [0.1, 0.15) is 12.0 Å². The van der Waals surface area contributed by atoms with Gasteiger partial charge in [-0.1, -0.05) is 0 Å². The number of aliphatic hydroxyl groups is 1. The molecule has 0 radical (unpaired) electrons. The summed E-state index contributed by atoms with van der Waals surface area (Å²) >= 11 is 0. The highest BCUT2D eigenvalue weighted by Gasteiger charge is 2.12. The number of carboxylic acid groups (broad SMARTS) is 1. The number of furan rings is 1. The molecule has 2 heterocycles. The lowest BCUT2D eigenvalue weighted by Gasteiger charge is -1.95. The average Bonchev–Trinajstić information content (AvgIpc) is 2.88. The van der Waals surface area contributed by atoms with Crippen molar-refractivity contribution in [1.29, 1.82) is 0 Å². The summed E-state index contributed by atoms with van der Waals surface area (Å²) in [6.07, 6.45) is 5.66. The van der Waals surface area contributed by atoms with Gasteiger partial charge in [0.15, 0.2) is 5.78 Å². The first-order valence-electron chi connectivity index (χ1n) is 5.71. The molecular weight excluding hydrogens is 262 g/mol. The largest absolute Gasteiger partial charge is 0.502 e. The van der Waals surface area contributed by atoms with Crippen molar-refractivity contribution in [2.45, 2.75) is 6.42 Å². The van der Waals surface area contributed by atoms with E-state index < -0.39 is 17.5 Å². The third kappa shape index (κ3) is 3.32. The van der Waals surface area contributed by atoms with Crippen LogP contribution < -0.4 is 0 Å². The minimum Gasteiger partial charge on any atom is -0.502 e. The Labute approximate surface area is 114 Å². The summed E-state index contributed by atoms with van der Waals surface area (Å²) < 4.78 is 5.23. The number of hydrogen-bond acceptors (Lipinski definition) is 5. The number of pyridine rings is 1. The maximum Gasteiger partial charge on any atom is 0.371 e. The fraction of sp³-hybridized carbons (Fsp3) is 0.0714. The van der Waals surface area contributed by atoms with Gasteiger partial charge in [-0.15, -0.1) is 0 Å². The first-order chi connectivity index (χ1) is 9.56. The molecule has 0 aromatic carbocycles. The molecule has 2 N–H and O–H groups in total. The van der Waals surface area contributed by atoms with Crippen LogP contribution in [0.4, 0.5) is 0 Å². The molecule has 0 aliphatic heterocycles. The number of carbonyl (C=O) groups is 2. The molecule has 2 aromatic heterocycles. The van der Waals surface area contributed by atoms with Crippen molar-refractivity contribution in [3.63, 3.8) is 0 Å². The predicted molar refractivity (Wildman–Crippen MR) is 68.4 cm³/mol. The number of carboxylic acids is 1. The minimum absolute atomic E-state index is 0.182. The summed E-state index contributed by atoms with van der Waals surface area (Å²) in [5.41, 5.74) is 1.15. The molecule has 0 fully saturated rings. The molecule has 102 valence electrons. The fourth-order valence-electron chi connectivity index (χ4n) is 1.57. The van der Waals surface area contributed by atoms with Crippen LogP contribution >= 0.6 is 0 Å². The van der Waals surface area contributed by atoms with Crippen LogP contribution in [0.2, 0.25) is 0 Å². The number of hydrogen-bond donors (Lipinski definition) is 2. The quantitative estimate of drug-likeness (QED) is 0.490. The molecule has 0 saturated carbocycles. The van der Waals surface area contributed by atoms with E-state index >= 15 is 0 Å². The van der Waals surface area contributed by atoms with Crippen molar-refractivity contribution in [3.05, 3.63) is 65.6 Å². The highest BCUT2D eigenvalue weighted by Crippen LogP contribution is 2.14. The Morgan fingerprint density at radius 2 is 1.95 bits per heavy atom. The normalized spacial score (nSPS) is 11.3. The second-order valence-electron chi connectivity index (χ2n) is 4.03. The summed E-state index contributed by atoms with van der Waals surface area (Å²) in [5, 5.41) is 17.5. The van der Waals surface area contributed by atoms with E-state index in [1.54, 1.807) is 12.4 Å². The van der Waals surface area contributed by atoms with Crippen molar-refractivity contribution in [2.24, 2.45) is 0 Å². The van der Waals surface area contributed by atoms with Crippen LogP contribution in [0.5, 0.6) is 0 Å². The number of aromatic nitrogens is 1. The van der Waals surface area contributed by atoms with Crippen LogP contribution in [-0.2, 0) is 11.2 Å². The van der Waals surface area contributed by atoms with Gasteiger partial charge in [-0.3, -0.25) is 9.78 Å². The molecular formula is C14H11NO5. The Bertz CT molecular complexity index is 657. The summed E-state index contributed by atoms with van der Waals surface area (Å²) in [7, 11) is 0. The number of carbonyl (C=O) groups excluding carboxylic acids is 1. The smallest absolute Gasteiger partial charge is 0.371 e. The molecule has 2 aromatic rings. The lowest BCUT2D eigenvalue weighted by atomic mass is 10.1. The van der Waals surface area contributed by atoms with Gasteiger partial charge >= 0.3 is 5.97 Å². The Balaban J connectivity index is 2.11. The summed E-state index contributed by atoms with van der Waals surface area (Å²) in [4.78, 5) is 26.0. The molecule has 0 spiro atoms. The lowest BCUT2D eigenvalue weighted by molar-refractivity contribution is -0.135. The van der Waals surface area contributed by atoms with E-state index in [-0.39, 0.29) is 5.56 Å². The summed E-state index contributed by atoms with van der Waals surface area (Å²) in [6.45, 7) is 0. The van der Waals surface area contributed by atoms with Crippen LogP contribution in [0, 0.1) is 0 Å². The summed E-state index contributed by atoms with van der Waals surface area (Å²) in [6, 6.07) is 5.15. The van der Waals surface area contributed by atoms with E-state index in [0.29, 0.717) is 18.3 Å². The van der Waals surface area contributed by atoms with Crippen LogP contribution in [0.15, 0.2) is 53.1 Å². The van der Waals surface area contributed by atoms with Gasteiger partial charge in [0.2, 0.25) is 5.76 Å². The fourth-order valence-corrected chi connectivity index (χ4v) is 1.57. The van der Waals surface area contributed by atoms with E-state index in [1.807, 2.05) is 12.1 Å². The molecule has 20 heavy (non-hydrogen) atoms. The van der Waals surface area contributed by atoms with Crippen LogP contribution in [-0.4, -0.2) is 26.9 Å². The first kappa shape index (κ1) is 13.5. The van der Waals surface area contributed by atoms with Gasteiger partial charge in [0.05, 0.1) is 5.56 Å². The zero-order chi connectivity index (χ0) is 14.5. The molecule has 2 rings (SSSR count). The maximum atomic E-state index is 11.7. The Hall–Kier alpha value is -2.89. The van der Waals surface area contributed by atoms with E-state index in [1.165, 1.54) is 12.3 Å². The van der Waals surface area contributed by atoms with Gasteiger partial charge < -0.3 is 14.6 Å². The van der Waals surface area contributed by atoms with Gasteiger partial charge in [-0.25, -0.2) is 4.79 Å². The molecule has 0 amide bonds. The van der Waals surface area contributed by atoms with E-state index in [4.69, 9.17) is 14.6 Å². The molecule has 0 atom stereocenters. The van der Waals surface area contributed by atoms with Crippen molar-refractivity contribution >= 4 is 11.8 Å². The lowest BCUT2D eigenvalue weighted by Crippen LogP contribution is -2.03. The van der Waals surface area contributed by atoms with Gasteiger partial charge in [0.25, 0.3) is 0 Å². The SMILES string of the molecule is O=C(O)/C(O)=C/C(=O)c1coc(Cc2ccncc2)c1. The number of aliphatic carboxylic acids is 1. The van der Waals surface area contributed by atoms with Crippen LogP contribution in [0.3, 0.4) is 0 Å². The molecule has 0 bridgehead atoms. The molecule has 6 nitrogen and oxygen atoms in total. The highest BCUT2D eigenvalue weighted by atomic mass is 16.4. The molecule has 0 aliphatic carbocycles. The van der Waals surface area contributed by atoms with E-state index in [2.05, 4.69) is 4.98 Å². The third-order valence-corrected chi connectivity index (χ3v) is 2.55. The molecule has 0 unspecified atom stereocenters. The maximum absolute atomic E-state index is 11.7. The van der Waals surface area contributed by atoms with Crippen molar-refractivity contribution in [1.82, 2.24) is 4.98 Å². The van der Waals surface area contributed by atoms with Crippen molar-refractivity contribution in [2.75, 3.05) is 0 Å². The zero-order valence-electron chi connectivity index (χ0n) is 10.3. The first-order valence-corrected chi connectivity index (χ1v) is 5.71. The van der Waals surface area contributed by atoms with Gasteiger partial charge in [-0.2, -0.15) is 0 Å². The molecule has 6 heteroatoms. The van der Waals surface area contributed by atoms with E-state index in [0.717, 1.165) is 5.56 Å². The Morgan fingerprint density at radius 3 is 2.60 bits per heavy atom. The Kier molecular flexibility index (Phi) is 3.95. The van der Waals surface area contributed by atoms with Crippen LogP contribution in [0.25, 0.3) is 0 Å². The standard InChI is InChI=1S/C14H11NO5/c16-12(7-13(17)14(18)19)10-6-11(20-8-10)5-9-1-3-15-4-2-9/h1-4,6-8,17H,5H2,(H,18,19)/b13-7-. The monoisotopic (exact) mass is 273 g/mol. The minimum atomic E-state index is -1.56. The van der Waals surface area contributed by atoms with Crippen molar-refractivity contribution < 1.29 is 24.2 Å². The summed E-state index contributed by atoms with van der Waals surface area (Å²) in [5.74, 6) is -2.64. The van der Waals surface area contributed by atoms with Gasteiger partial charge in [-0.05, 0) is 23.8 Å². The van der Waals surface area contributed by atoms with E-state index in [9.17, 15) is 9.59 Å². The van der Waals surface area contributed by atoms with Crippen LogP contribution in [0.1, 0.15) is 21.7 Å². The zero-order valence-corrected chi connectivity index (χ0v) is 10.3. The second-order valence-corrected chi connectivity index (χ2v) is 4.03. The van der Waals surface area contributed by atoms with Gasteiger partial charge in [0, 0.05) is 24.9 Å². The molecule has 0 saturated heterocycles. The second kappa shape index (κ2) is 5.83. The average molecular weight is 273 g/mol. The number of rotatable bonds is 5.